The molecule has 19 heavy (non-hydrogen) atoms. The average Bonchev–Trinajstić information content (AvgIpc) is 2.32. The van der Waals surface area contributed by atoms with Crippen LogP contribution in [-0.4, -0.2) is 29.6 Å². The molecular weight excluding hydrogens is 264 g/mol. The lowest BCUT2D eigenvalue weighted by Gasteiger charge is -2.35. The first kappa shape index (κ1) is 15.8. The van der Waals surface area contributed by atoms with E-state index in [1.54, 1.807) is 18.2 Å². The molecule has 4 nitrogen and oxygen atoms in total. The molecular formula is C14H21ClN2O2. The zero-order valence-corrected chi connectivity index (χ0v) is 12.1. The summed E-state index contributed by atoms with van der Waals surface area (Å²) in [7, 11) is 0. The Morgan fingerprint density at radius 1 is 1.37 bits per heavy atom. The summed E-state index contributed by atoms with van der Waals surface area (Å²) in [6, 6.07) is 5.07. The van der Waals surface area contributed by atoms with Crippen LogP contribution in [0, 0.1) is 6.92 Å². The normalized spacial score (nSPS) is 17.4. The van der Waals surface area contributed by atoms with E-state index in [1.165, 1.54) is 0 Å². The van der Waals surface area contributed by atoms with Crippen LogP contribution in [0.1, 0.15) is 35.7 Å². The minimum Gasteiger partial charge on any atom is -0.507 e. The van der Waals surface area contributed by atoms with Crippen molar-refractivity contribution in [2.45, 2.75) is 32.2 Å². The number of amides is 1. The Labute approximate surface area is 120 Å². The molecule has 5 heteroatoms. The summed E-state index contributed by atoms with van der Waals surface area (Å²) < 4.78 is 0. The monoisotopic (exact) mass is 284 g/mol. The van der Waals surface area contributed by atoms with Gasteiger partial charge in [-0.1, -0.05) is 11.6 Å². The highest BCUT2D eigenvalue weighted by atomic mass is 35.5. The van der Waals surface area contributed by atoms with E-state index in [-0.39, 0.29) is 29.6 Å². The van der Waals surface area contributed by atoms with Gasteiger partial charge >= 0.3 is 0 Å². The van der Waals surface area contributed by atoms with Gasteiger partial charge in [0.2, 0.25) is 0 Å². The van der Waals surface area contributed by atoms with E-state index in [4.69, 9.17) is 0 Å². The van der Waals surface area contributed by atoms with E-state index >= 15 is 0 Å². The largest absolute Gasteiger partial charge is 0.507 e. The van der Waals surface area contributed by atoms with Crippen LogP contribution >= 0.6 is 12.4 Å². The van der Waals surface area contributed by atoms with Crippen molar-refractivity contribution in [1.29, 1.82) is 0 Å². The van der Waals surface area contributed by atoms with Crippen LogP contribution in [0.2, 0.25) is 0 Å². The second kappa shape index (κ2) is 6.26. The van der Waals surface area contributed by atoms with Gasteiger partial charge in [-0.25, -0.2) is 0 Å². The van der Waals surface area contributed by atoms with Crippen LogP contribution < -0.4 is 10.6 Å². The highest BCUT2D eigenvalue weighted by molar-refractivity contribution is 5.97. The second-order valence-corrected chi connectivity index (χ2v) is 5.29. The molecule has 0 aliphatic carbocycles. The Morgan fingerprint density at radius 3 is 2.63 bits per heavy atom. The van der Waals surface area contributed by atoms with E-state index < -0.39 is 0 Å². The zero-order valence-electron chi connectivity index (χ0n) is 11.3. The number of phenols is 1. The number of carbonyl (C=O) groups excluding carboxylic acids is 1. The fraction of sp³-hybridized carbons (Fsp3) is 0.500. The summed E-state index contributed by atoms with van der Waals surface area (Å²) >= 11 is 0. The molecule has 1 saturated heterocycles. The Hall–Kier alpha value is -1.26. The van der Waals surface area contributed by atoms with Crippen LogP contribution in [0.15, 0.2) is 18.2 Å². The molecule has 1 aliphatic heterocycles. The van der Waals surface area contributed by atoms with Crippen molar-refractivity contribution in [3.63, 3.8) is 0 Å². The van der Waals surface area contributed by atoms with Gasteiger partial charge in [0.15, 0.2) is 0 Å². The lowest BCUT2D eigenvalue weighted by Crippen LogP contribution is -2.52. The lowest BCUT2D eigenvalue weighted by atomic mass is 9.90. The lowest BCUT2D eigenvalue weighted by molar-refractivity contribution is 0.0885. The Balaban J connectivity index is 0.00000180. The molecule has 1 aromatic carbocycles. The first-order chi connectivity index (χ1) is 8.50. The summed E-state index contributed by atoms with van der Waals surface area (Å²) in [5, 5.41) is 16.1. The number of aryl methyl sites for hydroxylation is 1. The molecule has 1 fully saturated rings. The quantitative estimate of drug-likeness (QED) is 0.778. The summed E-state index contributed by atoms with van der Waals surface area (Å²) in [4.78, 5) is 12.2. The molecule has 0 radical (unpaired) electrons. The van der Waals surface area contributed by atoms with E-state index in [9.17, 15) is 9.90 Å². The molecule has 0 saturated carbocycles. The smallest absolute Gasteiger partial charge is 0.255 e. The molecule has 106 valence electrons. The van der Waals surface area contributed by atoms with E-state index in [0.29, 0.717) is 5.56 Å². The molecule has 1 heterocycles. The number of halogens is 1. The van der Waals surface area contributed by atoms with Crippen LogP contribution in [0.25, 0.3) is 0 Å². The van der Waals surface area contributed by atoms with Crippen molar-refractivity contribution in [3.8, 4) is 5.75 Å². The number of phenolic OH excluding ortho intramolecular Hbond substituents is 1. The third kappa shape index (κ3) is 3.85. The number of benzene rings is 1. The highest BCUT2D eigenvalue weighted by Gasteiger charge is 2.29. The van der Waals surface area contributed by atoms with Gasteiger partial charge in [-0.05, 0) is 51.9 Å². The van der Waals surface area contributed by atoms with Crippen molar-refractivity contribution >= 4 is 18.3 Å². The van der Waals surface area contributed by atoms with Crippen molar-refractivity contribution in [2.24, 2.45) is 0 Å². The van der Waals surface area contributed by atoms with E-state index in [1.807, 2.05) is 6.92 Å². The zero-order chi connectivity index (χ0) is 13.2. The van der Waals surface area contributed by atoms with Gasteiger partial charge in [0, 0.05) is 5.54 Å². The predicted molar refractivity (Wildman–Crippen MR) is 78.1 cm³/mol. The van der Waals surface area contributed by atoms with Gasteiger partial charge < -0.3 is 15.7 Å². The fourth-order valence-corrected chi connectivity index (χ4v) is 2.28. The molecule has 1 aromatic rings. The van der Waals surface area contributed by atoms with Crippen LogP contribution in [0.5, 0.6) is 5.75 Å². The molecule has 0 unspecified atom stereocenters. The number of hydrogen-bond acceptors (Lipinski definition) is 3. The van der Waals surface area contributed by atoms with Gasteiger partial charge in [0.1, 0.15) is 5.75 Å². The summed E-state index contributed by atoms with van der Waals surface area (Å²) in [5.74, 6) is -0.156. The summed E-state index contributed by atoms with van der Waals surface area (Å²) in [6.07, 6.45) is 1.82. The maximum absolute atomic E-state index is 12.2. The number of nitrogens with one attached hydrogen (secondary N) is 2. The Bertz CT molecular complexity index is 457. The summed E-state index contributed by atoms with van der Waals surface area (Å²) in [5.41, 5.74) is 1.14. The van der Waals surface area contributed by atoms with Gasteiger partial charge in [0.25, 0.3) is 5.91 Å². The van der Waals surface area contributed by atoms with Crippen molar-refractivity contribution < 1.29 is 9.90 Å². The SMILES string of the molecule is Cc1ccc(O)c(C(=O)NC2(C)CCNCC2)c1.Cl. The van der Waals surface area contributed by atoms with Crippen molar-refractivity contribution in [1.82, 2.24) is 10.6 Å². The van der Waals surface area contributed by atoms with Crippen molar-refractivity contribution in [2.75, 3.05) is 13.1 Å². The summed E-state index contributed by atoms with van der Waals surface area (Å²) in [6.45, 7) is 5.79. The predicted octanol–water partition coefficient (Wildman–Crippen LogP) is 1.99. The molecule has 3 N–H and O–H groups in total. The Kier molecular flexibility index (Phi) is 5.20. The fourth-order valence-electron chi connectivity index (χ4n) is 2.28. The minimum atomic E-state index is -0.194. The van der Waals surface area contributed by atoms with E-state index in [2.05, 4.69) is 17.6 Å². The number of piperidine rings is 1. The number of carbonyl (C=O) groups is 1. The number of hydrogen-bond donors (Lipinski definition) is 3. The molecule has 0 atom stereocenters. The van der Waals surface area contributed by atoms with Crippen LogP contribution in [0.3, 0.4) is 0 Å². The highest BCUT2D eigenvalue weighted by Crippen LogP contribution is 2.22. The maximum atomic E-state index is 12.2. The standard InChI is InChI=1S/C14H20N2O2.ClH/c1-10-3-4-12(17)11(9-10)13(18)16-14(2)5-7-15-8-6-14;/h3-4,9,15,17H,5-8H2,1-2H3,(H,16,18);1H. The molecule has 1 aliphatic rings. The molecule has 1 amide bonds. The van der Waals surface area contributed by atoms with Gasteiger partial charge in [0.05, 0.1) is 5.56 Å². The van der Waals surface area contributed by atoms with Crippen molar-refractivity contribution in [3.05, 3.63) is 29.3 Å². The minimum absolute atomic E-state index is 0. The molecule has 0 aromatic heterocycles. The third-order valence-corrected chi connectivity index (χ3v) is 3.52. The number of aromatic hydroxyl groups is 1. The number of rotatable bonds is 2. The van der Waals surface area contributed by atoms with Crippen LogP contribution in [0.4, 0.5) is 0 Å². The van der Waals surface area contributed by atoms with Gasteiger partial charge in [-0.2, -0.15) is 0 Å². The third-order valence-electron chi connectivity index (χ3n) is 3.52. The topological polar surface area (TPSA) is 61.4 Å². The van der Waals surface area contributed by atoms with Gasteiger partial charge in [-0.3, -0.25) is 4.79 Å². The Morgan fingerprint density at radius 2 is 2.00 bits per heavy atom. The van der Waals surface area contributed by atoms with Gasteiger partial charge in [-0.15, -0.1) is 12.4 Å². The average molecular weight is 285 g/mol. The first-order valence-corrected chi connectivity index (χ1v) is 6.33. The maximum Gasteiger partial charge on any atom is 0.255 e. The molecule has 0 spiro atoms. The molecule has 0 bridgehead atoms. The first-order valence-electron chi connectivity index (χ1n) is 6.33. The van der Waals surface area contributed by atoms with E-state index in [0.717, 1.165) is 31.5 Å². The van der Waals surface area contributed by atoms with Crippen LogP contribution in [-0.2, 0) is 0 Å². The molecule has 2 rings (SSSR count). The second-order valence-electron chi connectivity index (χ2n) is 5.29.